The number of rotatable bonds is 5. The number of fused-ring (bicyclic) bond motifs is 1. The number of sulfonamides is 1. The van der Waals surface area contributed by atoms with Crippen LogP contribution in [0, 0.1) is 6.92 Å². The third-order valence-corrected chi connectivity index (χ3v) is 7.26. The van der Waals surface area contributed by atoms with Gasteiger partial charge in [0.2, 0.25) is 0 Å². The molecule has 2 aromatic heterocycles. The number of para-hydroxylation sites is 1. The molecule has 3 heterocycles. The molecular formula is C19H15N3O4S2. The molecule has 0 spiro atoms. The average molecular weight is 413 g/mol. The summed E-state index contributed by atoms with van der Waals surface area (Å²) in [7, 11) is -3.76. The molecule has 1 aromatic carbocycles. The number of nitrogens with one attached hydrogen (secondary N) is 1. The SMILES string of the molecule is Cc1ccccc1NS(=O)(=O)c1ccc(CN2C(=O)c3cccnc3C2=O)s1. The molecule has 3 aromatic rings. The number of hydrogen-bond donors (Lipinski definition) is 1. The molecule has 2 amide bonds. The maximum absolute atomic E-state index is 12.7. The Morgan fingerprint density at radius 2 is 1.82 bits per heavy atom. The molecule has 0 radical (unpaired) electrons. The monoisotopic (exact) mass is 413 g/mol. The predicted octanol–water partition coefficient (Wildman–Crippen LogP) is 3.05. The van der Waals surface area contributed by atoms with Gasteiger partial charge in [0.1, 0.15) is 9.90 Å². The van der Waals surface area contributed by atoms with Crippen LogP contribution < -0.4 is 4.72 Å². The van der Waals surface area contributed by atoms with Gasteiger partial charge in [-0.15, -0.1) is 11.3 Å². The fraction of sp³-hybridized carbons (Fsp3) is 0.105. The van der Waals surface area contributed by atoms with Crippen molar-refractivity contribution in [3.63, 3.8) is 0 Å². The van der Waals surface area contributed by atoms with E-state index in [0.717, 1.165) is 21.8 Å². The largest absolute Gasteiger partial charge is 0.280 e. The van der Waals surface area contributed by atoms with Crippen molar-refractivity contribution in [3.8, 4) is 0 Å². The second-order valence-corrected chi connectivity index (χ2v) is 9.31. The average Bonchev–Trinajstić information content (AvgIpc) is 3.24. The van der Waals surface area contributed by atoms with E-state index in [0.29, 0.717) is 10.6 Å². The van der Waals surface area contributed by atoms with Crippen LogP contribution >= 0.6 is 11.3 Å². The number of hydrogen-bond acceptors (Lipinski definition) is 6. The van der Waals surface area contributed by atoms with Crippen LogP contribution in [0.3, 0.4) is 0 Å². The molecule has 1 N–H and O–H groups in total. The molecule has 0 saturated carbocycles. The third-order valence-electron chi connectivity index (χ3n) is 4.34. The number of nitrogens with zero attached hydrogens (tertiary/aromatic N) is 2. The van der Waals surface area contributed by atoms with Crippen molar-refractivity contribution in [3.05, 3.63) is 76.4 Å². The highest BCUT2D eigenvalue weighted by Gasteiger charge is 2.36. The summed E-state index contributed by atoms with van der Waals surface area (Å²) < 4.78 is 28.0. The van der Waals surface area contributed by atoms with Crippen LogP contribution in [-0.4, -0.2) is 30.1 Å². The minimum absolute atomic E-state index is 0.00141. The van der Waals surface area contributed by atoms with Gasteiger partial charge in [-0.25, -0.2) is 8.42 Å². The van der Waals surface area contributed by atoms with E-state index in [1.54, 1.807) is 30.3 Å². The number of carbonyl (C=O) groups is 2. The van der Waals surface area contributed by atoms with Gasteiger partial charge in [-0.05, 0) is 42.8 Å². The lowest BCUT2D eigenvalue weighted by atomic mass is 10.2. The number of imide groups is 1. The summed E-state index contributed by atoms with van der Waals surface area (Å²) in [6.07, 6.45) is 1.46. The molecule has 1 aliphatic rings. The highest BCUT2D eigenvalue weighted by molar-refractivity contribution is 7.94. The number of anilines is 1. The first-order chi connectivity index (χ1) is 13.4. The Morgan fingerprint density at radius 1 is 1.04 bits per heavy atom. The van der Waals surface area contributed by atoms with Gasteiger partial charge >= 0.3 is 0 Å². The number of thiophene rings is 1. The summed E-state index contributed by atoms with van der Waals surface area (Å²) in [6, 6.07) is 13.3. The molecule has 0 bridgehead atoms. The Balaban J connectivity index is 1.55. The van der Waals surface area contributed by atoms with Gasteiger partial charge in [0.05, 0.1) is 17.8 Å². The molecule has 28 heavy (non-hydrogen) atoms. The molecule has 4 rings (SSSR count). The van der Waals surface area contributed by atoms with Crippen LogP contribution in [0.4, 0.5) is 5.69 Å². The van der Waals surface area contributed by atoms with Crippen LogP contribution in [0.2, 0.25) is 0 Å². The summed E-state index contributed by atoms with van der Waals surface area (Å²) in [5.41, 5.74) is 1.70. The Kier molecular flexibility index (Phi) is 4.48. The Morgan fingerprint density at radius 3 is 2.57 bits per heavy atom. The summed E-state index contributed by atoms with van der Waals surface area (Å²) >= 11 is 1.02. The van der Waals surface area contributed by atoms with E-state index in [1.165, 1.54) is 12.3 Å². The Bertz CT molecular complexity index is 1170. The first-order valence-electron chi connectivity index (χ1n) is 8.35. The van der Waals surface area contributed by atoms with Gasteiger partial charge in [0.15, 0.2) is 0 Å². The molecule has 9 heteroatoms. The molecule has 0 saturated heterocycles. The van der Waals surface area contributed by atoms with Crippen LogP contribution in [0.15, 0.2) is 58.9 Å². The van der Waals surface area contributed by atoms with Crippen molar-refractivity contribution in [1.29, 1.82) is 0 Å². The molecule has 142 valence electrons. The minimum atomic E-state index is -3.76. The van der Waals surface area contributed by atoms with Crippen LogP contribution in [0.1, 0.15) is 31.3 Å². The van der Waals surface area contributed by atoms with Gasteiger partial charge in [-0.3, -0.25) is 24.2 Å². The van der Waals surface area contributed by atoms with Crippen LogP contribution in [0.25, 0.3) is 0 Å². The summed E-state index contributed by atoms with van der Waals surface area (Å²) in [4.78, 5) is 30.5. The fourth-order valence-corrected chi connectivity index (χ4v) is 5.36. The lowest BCUT2D eigenvalue weighted by Crippen LogP contribution is -2.28. The van der Waals surface area contributed by atoms with Crippen LogP contribution in [0.5, 0.6) is 0 Å². The van der Waals surface area contributed by atoms with E-state index in [2.05, 4.69) is 9.71 Å². The first-order valence-corrected chi connectivity index (χ1v) is 10.6. The van der Waals surface area contributed by atoms with E-state index in [1.807, 2.05) is 19.1 Å². The zero-order chi connectivity index (χ0) is 19.9. The zero-order valence-corrected chi connectivity index (χ0v) is 16.4. The molecule has 0 aliphatic carbocycles. The second-order valence-electron chi connectivity index (χ2n) is 6.24. The van der Waals surface area contributed by atoms with Crippen molar-refractivity contribution in [1.82, 2.24) is 9.88 Å². The Hall–Kier alpha value is -3.04. The third kappa shape index (κ3) is 3.19. The summed E-state index contributed by atoms with van der Waals surface area (Å²) in [5.74, 6) is -0.902. The fourth-order valence-electron chi connectivity index (χ4n) is 2.88. The van der Waals surface area contributed by atoms with Crippen molar-refractivity contribution in [2.45, 2.75) is 17.7 Å². The van der Waals surface area contributed by atoms with Gasteiger partial charge in [0.25, 0.3) is 21.8 Å². The lowest BCUT2D eigenvalue weighted by Gasteiger charge is -2.12. The predicted molar refractivity (Wildman–Crippen MR) is 105 cm³/mol. The molecule has 7 nitrogen and oxygen atoms in total. The van der Waals surface area contributed by atoms with Crippen molar-refractivity contribution in [2.75, 3.05) is 4.72 Å². The number of aryl methyl sites for hydroxylation is 1. The first kappa shape index (κ1) is 18.3. The van der Waals surface area contributed by atoms with Gasteiger partial charge in [-0.2, -0.15) is 0 Å². The van der Waals surface area contributed by atoms with Crippen molar-refractivity contribution in [2.24, 2.45) is 0 Å². The quantitative estimate of drug-likeness (QED) is 0.649. The molecule has 0 fully saturated rings. The number of pyridine rings is 1. The normalized spacial score (nSPS) is 13.7. The van der Waals surface area contributed by atoms with E-state index < -0.39 is 21.8 Å². The topological polar surface area (TPSA) is 96.4 Å². The van der Waals surface area contributed by atoms with Crippen LogP contribution in [-0.2, 0) is 16.6 Å². The zero-order valence-electron chi connectivity index (χ0n) is 14.7. The van der Waals surface area contributed by atoms with E-state index in [-0.39, 0.29) is 22.0 Å². The van der Waals surface area contributed by atoms with E-state index in [4.69, 9.17) is 0 Å². The highest BCUT2D eigenvalue weighted by Crippen LogP contribution is 2.28. The maximum Gasteiger partial charge on any atom is 0.280 e. The molecule has 0 atom stereocenters. The maximum atomic E-state index is 12.7. The van der Waals surface area contributed by atoms with Gasteiger partial charge < -0.3 is 0 Å². The molecular weight excluding hydrogens is 398 g/mol. The van der Waals surface area contributed by atoms with Gasteiger partial charge in [0, 0.05) is 11.1 Å². The van der Waals surface area contributed by atoms with E-state index in [9.17, 15) is 18.0 Å². The van der Waals surface area contributed by atoms with E-state index >= 15 is 0 Å². The summed E-state index contributed by atoms with van der Waals surface area (Å²) in [6.45, 7) is 1.81. The van der Waals surface area contributed by atoms with Crippen molar-refractivity contribution < 1.29 is 18.0 Å². The number of carbonyl (C=O) groups excluding carboxylic acids is 2. The minimum Gasteiger partial charge on any atom is -0.279 e. The van der Waals surface area contributed by atoms with Gasteiger partial charge in [-0.1, -0.05) is 18.2 Å². The molecule has 1 aliphatic heterocycles. The number of benzene rings is 1. The van der Waals surface area contributed by atoms with Crippen molar-refractivity contribution >= 4 is 38.9 Å². The standard InChI is InChI=1S/C19H15N3O4S2/c1-12-5-2-3-7-15(12)21-28(25,26)16-9-8-13(27-16)11-22-18(23)14-6-4-10-20-17(14)19(22)24/h2-10,21H,11H2,1H3. The smallest absolute Gasteiger partial charge is 0.279 e. The molecule has 0 unspecified atom stereocenters. The lowest BCUT2D eigenvalue weighted by molar-refractivity contribution is 0.0642. The number of amides is 2. The number of aromatic nitrogens is 1. The second kappa shape index (κ2) is 6.84. The highest BCUT2D eigenvalue weighted by atomic mass is 32.2. The Labute approximate surface area is 165 Å². The summed E-state index contributed by atoms with van der Waals surface area (Å²) in [5, 5.41) is 0.